The predicted molar refractivity (Wildman–Crippen MR) is 89.8 cm³/mol. The van der Waals surface area contributed by atoms with Gasteiger partial charge in [-0.2, -0.15) is 4.31 Å². The number of hydrogen-bond donors (Lipinski definition) is 0. The van der Waals surface area contributed by atoms with Crippen LogP contribution in [0.4, 0.5) is 4.39 Å². The molecule has 0 N–H and O–H groups in total. The maximum absolute atomic E-state index is 13.2. The van der Waals surface area contributed by atoms with Gasteiger partial charge in [-0.15, -0.1) is 11.3 Å². The fraction of sp³-hybridized carbons (Fsp3) is 0.312. The number of thiophene rings is 1. The minimum absolute atomic E-state index is 0.117. The molecule has 128 valence electrons. The Morgan fingerprint density at radius 1 is 1.12 bits per heavy atom. The highest BCUT2D eigenvalue weighted by Gasteiger charge is 2.30. The first-order valence-electron chi connectivity index (χ1n) is 7.53. The molecule has 1 amide bonds. The van der Waals surface area contributed by atoms with E-state index in [1.165, 1.54) is 27.8 Å². The number of carbonyl (C=O) groups excluding carboxylic acids is 1. The van der Waals surface area contributed by atoms with E-state index in [0.29, 0.717) is 22.9 Å². The largest absolute Gasteiger partial charge is 0.340 e. The molecule has 5 nitrogen and oxygen atoms in total. The number of benzene rings is 1. The molecule has 24 heavy (non-hydrogen) atoms. The topological polar surface area (TPSA) is 57.7 Å². The zero-order valence-corrected chi connectivity index (χ0v) is 14.5. The van der Waals surface area contributed by atoms with Crippen molar-refractivity contribution in [1.82, 2.24) is 9.21 Å². The van der Waals surface area contributed by atoms with E-state index in [2.05, 4.69) is 0 Å². The fourth-order valence-corrected chi connectivity index (χ4v) is 5.22. The summed E-state index contributed by atoms with van der Waals surface area (Å²) in [5.74, 6) is -0.485. The van der Waals surface area contributed by atoms with Gasteiger partial charge in [-0.25, -0.2) is 12.8 Å². The van der Waals surface area contributed by atoms with Gasteiger partial charge in [0.25, 0.3) is 10.0 Å². The number of halogens is 1. The molecule has 2 heterocycles. The van der Waals surface area contributed by atoms with Gasteiger partial charge < -0.3 is 4.90 Å². The highest BCUT2D eigenvalue weighted by Crippen LogP contribution is 2.22. The summed E-state index contributed by atoms with van der Waals surface area (Å²) in [6.45, 7) is 1.24. The van der Waals surface area contributed by atoms with Gasteiger partial charge in [-0.3, -0.25) is 4.79 Å². The number of nitrogens with zero attached hydrogens (tertiary/aromatic N) is 2. The van der Waals surface area contributed by atoms with Gasteiger partial charge in [0.2, 0.25) is 5.91 Å². The van der Waals surface area contributed by atoms with Crippen LogP contribution < -0.4 is 0 Å². The lowest BCUT2D eigenvalue weighted by molar-refractivity contribution is -0.131. The minimum Gasteiger partial charge on any atom is -0.340 e. The number of sulfonamides is 1. The summed E-state index contributed by atoms with van der Waals surface area (Å²) in [5, 5.41) is 1.73. The fourth-order valence-electron chi connectivity index (χ4n) is 2.65. The summed E-state index contributed by atoms with van der Waals surface area (Å²) in [5.41, 5.74) is 0.619. The molecule has 0 unspecified atom stereocenters. The maximum atomic E-state index is 13.2. The van der Waals surface area contributed by atoms with Crippen molar-refractivity contribution >= 4 is 27.3 Å². The Morgan fingerprint density at radius 2 is 1.88 bits per heavy atom. The Balaban J connectivity index is 1.60. The Hall–Kier alpha value is -1.77. The predicted octanol–water partition coefficient (Wildman–Crippen LogP) is 1.96. The zero-order valence-electron chi connectivity index (χ0n) is 12.9. The number of carbonyl (C=O) groups is 1. The molecule has 8 heteroatoms. The molecule has 0 bridgehead atoms. The second-order valence-electron chi connectivity index (χ2n) is 5.52. The van der Waals surface area contributed by atoms with Crippen molar-refractivity contribution < 1.29 is 17.6 Å². The molecule has 0 radical (unpaired) electrons. The molecule has 1 aliphatic rings. The highest BCUT2D eigenvalue weighted by molar-refractivity contribution is 7.91. The van der Waals surface area contributed by atoms with Crippen molar-refractivity contribution in [3.63, 3.8) is 0 Å². The van der Waals surface area contributed by atoms with Crippen LogP contribution in [0, 0.1) is 5.82 Å². The van der Waals surface area contributed by atoms with Crippen molar-refractivity contribution in [3.05, 3.63) is 53.2 Å². The minimum atomic E-state index is -3.47. The lowest BCUT2D eigenvalue weighted by Crippen LogP contribution is -2.50. The monoisotopic (exact) mass is 368 g/mol. The van der Waals surface area contributed by atoms with Crippen LogP contribution in [0.15, 0.2) is 46.0 Å². The van der Waals surface area contributed by atoms with Crippen LogP contribution in [-0.4, -0.2) is 49.7 Å². The van der Waals surface area contributed by atoms with Crippen molar-refractivity contribution in [2.24, 2.45) is 0 Å². The Labute approximate surface area is 144 Å². The normalized spacial score (nSPS) is 16.3. The van der Waals surface area contributed by atoms with Gasteiger partial charge in [0, 0.05) is 26.2 Å². The Morgan fingerprint density at radius 3 is 2.50 bits per heavy atom. The molecule has 1 fully saturated rings. The number of piperazine rings is 1. The molecule has 1 saturated heterocycles. The van der Waals surface area contributed by atoms with Gasteiger partial charge in [-0.05, 0) is 29.1 Å². The summed E-state index contributed by atoms with van der Waals surface area (Å²) >= 11 is 1.19. The van der Waals surface area contributed by atoms with Crippen molar-refractivity contribution in [3.8, 4) is 0 Å². The third-order valence-electron chi connectivity index (χ3n) is 3.92. The average Bonchev–Trinajstić information content (AvgIpc) is 3.10. The number of amides is 1. The van der Waals surface area contributed by atoms with Crippen LogP contribution in [0.1, 0.15) is 5.56 Å². The molecule has 1 aromatic carbocycles. The van der Waals surface area contributed by atoms with Crippen molar-refractivity contribution in [1.29, 1.82) is 0 Å². The van der Waals surface area contributed by atoms with E-state index < -0.39 is 10.0 Å². The van der Waals surface area contributed by atoms with E-state index in [4.69, 9.17) is 0 Å². The average molecular weight is 368 g/mol. The highest BCUT2D eigenvalue weighted by atomic mass is 32.2. The van der Waals surface area contributed by atoms with E-state index in [1.54, 1.807) is 34.5 Å². The molecule has 1 aromatic heterocycles. The SMILES string of the molecule is O=C(Cc1cccc(F)c1)N1CCN(S(=O)(=O)c2cccs2)CC1. The van der Waals surface area contributed by atoms with Crippen LogP contribution in [0.3, 0.4) is 0 Å². The molecule has 0 saturated carbocycles. The molecule has 0 spiro atoms. The third kappa shape index (κ3) is 3.66. The van der Waals surface area contributed by atoms with Gasteiger partial charge >= 0.3 is 0 Å². The molecule has 2 aromatic rings. The smallest absolute Gasteiger partial charge is 0.252 e. The Bertz CT molecular complexity index is 814. The van der Waals surface area contributed by atoms with E-state index in [-0.39, 0.29) is 31.2 Å². The summed E-state index contributed by atoms with van der Waals surface area (Å²) in [7, 11) is -3.47. The van der Waals surface area contributed by atoms with E-state index in [1.807, 2.05) is 0 Å². The van der Waals surface area contributed by atoms with Crippen LogP contribution in [0.5, 0.6) is 0 Å². The van der Waals surface area contributed by atoms with Gasteiger partial charge in [-0.1, -0.05) is 18.2 Å². The van der Waals surface area contributed by atoms with Crippen molar-refractivity contribution in [2.45, 2.75) is 10.6 Å². The molecule has 3 rings (SSSR count). The number of hydrogen-bond acceptors (Lipinski definition) is 4. The van der Waals surface area contributed by atoms with Gasteiger partial charge in [0.1, 0.15) is 10.0 Å². The molecule has 0 atom stereocenters. The summed E-state index contributed by atoms with van der Waals surface area (Å²) in [4.78, 5) is 13.9. The van der Waals surface area contributed by atoms with E-state index in [9.17, 15) is 17.6 Å². The van der Waals surface area contributed by atoms with Gasteiger partial charge in [0.05, 0.1) is 6.42 Å². The van der Waals surface area contributed by atoms with Crippen LogP contribution in [-0.2, 0) is 21.2 Å². The third-order valence-corrected chi connectivity index (χ3v) is 7.20. The lowest BCUT2D eigenvalue weighted by atomic mass is 10.1. The number of rotatable bonds is 4. The standard InChI is InChI=1S/C16H17FN2O3S2/c17-14-4-1-3-13(11-14)12-15(20)18-6-8-19(9-7-18)24(21,22)16-5-2-10-23-16/h1-5,10-11H,6-9,12H2. The zero-order chi connectivity index (χ0) is 17.2. The maximum Gasteiger partial charge on any atom is 0.252 e. The molecular formula is C16H17FN2O3S2. The molecule has 0 aliphatic carbocycles. The second-order valence-corrected chi connectivity index (χ2v) is 8.64. The van der Waals surface area contributed by atoms with E-state index >= 15 is 0 Å². The van der Waals surface area contributed by atoms with Crippen molar-refractivity contribution in [2.75, 3.05) is 26.2 Å². The second kappa shape index (κ2) is 7.00. The van der Waals surface area contributed by atoms with Gasteiger partial charge in [0.15, 0.2) is 0 Å². The summed E-state index contributed by atoms with van der Waals surface area (Å²) in [6.07, 6.45) is 0.120. The van der Waals surface area contributed by atoms with E-state index in [0.717, 1.165) is 0 Å². The lowest BCUT2D eigenvalue weighted by Gasteiger charge is -2.33. The summed E-state index contributed by atoms with van der Waals surface area (Å²) in [6, 6.07) is 9.25. The molecular weight excluding hydrogens is 351 g/mol. The van der Waals surface area contributed by atoms with Crippen LogP contribution in [0.25, 0.3) is 0 Å². The Kier molecular flexibility index (Phi) is 4.98. The van der Waals surface area contributed by atoms with Crippen LogP contribution in [0.2, 0.25) is 0 Å². The molecule has 1 aliphatic heterocycles. The first-order valence-corrected chi connectivity index (χ1v) is 9.85. The quantitative estimate of drug-likeness (QED) is 0.829. The summed E-state index contributed by atoms with van der Waals surface area (Å²) < 4.78 is 39.8. The van der Waals surface area contributed by atoms with Crippen LogP contribution >= 0.6 is 11.3 Å². The first-order chi connectivity index (χ1) is 11.5. The first kappa shape index (κ1) is 17.1.